The molecular weight excluding hydrogens is 266 g/mol. The standard InChI is InChI=1S/C11H9ClF2N2O2/c1-2-18-9(17)4-6-3-8(12)16-10(11(13)14)7(6)5-15/h3,11H,2,4H2,1H3. The van der Waals surface area contributed by atoms with Gasteiger partial charge in [-0.1, -0.05) is 11.6 Å². The largest absolute Gasteiger partial charge is 0.466 e. The Hall–Kier alpha value is -1.74. The Balaban J connectivity index is 3.18. The van der Waals surface area contributed by atoms with Gasteiger partial charge in [0.05, 0.1) is 18.6 Å². The Morgan fingerprint density at radius 2 is 2.33 bits per heavy atom. The SMILES string of the molecule is CCOC(=O)Cc1cc(Cl)nc(C(F)F)c1C#N. The maximum absolute atomic E-state index is 12.7. The molecule has 0 spiro atoms. The quantitative estimate of drug-likeness (QED) is 0.625. The van der Waals surface area contributed by atoms with Gasteiger partial charge in [0.1, 0.15) is 16.9 Å². The molecule has 0 aromatic carbocycles. The maximum Gasteiger partial charge on any atom is 0.310 e. The summed E-state index contributed by atoms with van der Waals surface area (Å²) in [5, 5.41) is 8.67. The number of hydrogen-bond donors (Lipinski definition) is 0. The van der Waals surface area contributed by atoms with E-state index < -0.39 is 18.1 Å². The van der Waals surface area contributed by atoms with E-state index in [1.54, 1.807) is 13.0 Å². The van der Waals surface area contributed by atoms with Gasteiger partial charge in [-0.05, 0) is 18.6 Å². The van der Waals surface area contributed by atoms with Gasteiger partial charge >= 0.3 is 5.97 Å². The molecule has 1 aromatic rings. The molecule has 1 aromatic heterocycles. The van der Waals surface area contributed by atoms with Gasteiger partial charge in [0, 0.05) is 0 Å². The summed E-state index contributed by atoms with van der Waals surface area (Å²) < 4.78 is 30.0. The third kappa shape index (κ3) is 3.37. The Morgan fingerprint density at radius 1 is 1.67 bits per heavy atom. The zero-order valence-corrected chi connectivity index (χ0v) is 10.2. The minimum atomic E-state index is -2.93. The number of pyridine rings is 1. The Morgan fingerprint density at radius 3 is 2.83 bits per heavy atom. The molecule has 0 aliphatic rings. The zero-order valence-electron chi connectivity index (χ0n) is 9.41. The Kier molecular flexibility index (Phi) is 4.98. The fraction of sp³-hybridized carbons (Fsp3) is 0.364. The van der Waals surface area contributed by atoms with Crippen molar-refractivity contribution in [2.75, 3.05) is 6.61 Å². The summed E-state index contributed by atoms with van der Waals surface area (Å²) in [6.45, 7) is 1.79. The van der Waals surface area contributed by atoms with Crippen LogP contribution in [0.4, 0.5) is 8.78 Å². The number of nitrogens with zero attached hydrogens (tertiary/aromatic N) is 2. The second-order valence-corrected chi connectivity index (χ2v) is 3.65. The van der Waals surface area contributed by atoms with Crippen molar-refractivity contribution in [1.82, 2.24) is 4.98 Å². The van der Waals surface area contributed by atoms with Crippen molar-refractivity contribution in [3.63, 3.8) is 0 Å². The number of rotatable bonds is 4. The number of aromatic nitrogens is 1. The molecule has 0 aliphatic carbocycles. The van der Waals surface area contributed by atoms with E-state index >= 15 is 0 Å². The molecule has 0 saturated carbocycles. The van der Waals surface area contributed by atoms with E-state index in [2.05, 4.69) is 9.72 Å². The van der Waals surface area contributed by atoms with Crippen molar-refractivity contribution in [1.29, 1.82) is 5.26 Å². The van der Waals surface area contributed by atoms with Crippen molar-refractivity contribution in [3.05, 3.63) is 28.0 Å². The first-order valence-electron chi connectivity index (χ1n) is 5.02. The van der Waals surface area contributed by atoms with Crippen LogP contribution in [0.5, 0.6) is 0 Å². The highest BCUT2D eigenvalue weighted by atomic mass is 35.5. The average Bonchev–Trinajstić information content (AvgIpc) is 2.28. The first-order chi connectivity index (χ1) is 8.49. The molecule has 0 bridgehead atoms. The lowest BCUT2D eigenvalue weighted by atomic mass is 10.0. The van der Waals surface area contributed by atoms with E-state index in [-0.39, 0.29) is 29.3 Å². The molecule has 0 fully saturated rings. The number of carbonyl (C=O) groups excluding carboxylic acids is 1. The zero-order chi connectivity index (χ0) is 13.7. The molecule has 0 radical (unpaired) electrons. The molecule has 96 valence electrons. The smallest absolute Gasteiger partial charge is 0.310 e. The molecule has 0 atom stereocenters. The van der Waals surface area contributed by atoms with Crippen molar-refractivity contribution in [2.45, 2.75) is 19.8 Å². The van der Waals surface area contributed by atoms with Crippen LogP contribution in [0.2, 0.25) is 5.15 Å². The number of ether oxygens (including phenoxy) is 1. The number of hydrogen-bond acceptors (Lipinski definition) is 4. The highest BCUT2D eigenvalue weighted by Crippen LogP contribution is 2.26. The van der Waals surface area contributed by atoms with Crippen LogP contribution < -0.4 is 0 Å². The van der Waals surface area contributed by atoms with Gasteiger partial charge in [-0.3, -0.25) is 4.79 Å². The summed E-state index contributed by atoms with van der Waals surface area (Å²) in [7, 11) is 0. The summed E-state index contributed by atoms with van der Waals surface area (Å²) in [5.74, 6) is -0.614. The van der Waals surface area contributed by atoms with Crippen molar-refractivity contribution < 1.29 is 18.3 Å². The van der Waals surface area contributed by atoms with Crippen LogP contribution in [-0.2, 0) is 16.0 Å². The lowest BCUT2D eigenvalue weighted by molar-refractivity contribution is -0.142. The Bertz CT molecular complexity index is 501. The van der Waals surface area contributed by atoms with Crippen LogP contribution in [0, 0.1) is 11.3 Å². The molecule has 18 heavy (non-hydrogen) atoms. The first kappa shape index (κ1) is 14.3. The highest BCUT2D eigenvalue weighted by molar-refractivity contribution is 6.29. The van der Waals surface area contributed by atoms with Crippen molar-refractivity contribution in [2.24, 2.45) is 0 Å². The number of nitriles is 1. The molecule has 0 aliphatic heterocycles. The predicted molar refractivity (Wildman–Crippen MR) is 59.3 cm³/mol. The second-order valence-electron chi connectivity index (χ2n) is 3.26. The fourth-order valence-electron chi connectivity index (χ4n) is 1.38. The second kappa shape index (κ2) is 6.26. The van der Waals surface area contributed by atoms with Crippen LogP contribution in [0.1, 0.15) is 30.2 Å². The van der Waals surface area contributed by atoms with Gasteiger partial charge in [-0.15, -0.1) is 0 Å². The van der Waals surface area contributed by atoms with E-state index in [9.17, 15) is 13.6 Å². The fourth-order valence-corrected chi connectivity index (χ4v) is 1.60. The molecule has 1 rings (SSSR count). The average molecular weight is 275 g/mol. The molecule has 0 unspecified atom stereocenters. The monoisotopic (exact) mass is 274 g/mol. The van der Waals surface area contributed by atoms with Gasteiger partial charge < -0.3 is 4.74 Å². The number of esters is 1. The van der Waals surface area contributed by atoms with Gasteiger partial charge in [0.15, 0.2) is 0 Å². The van der Waals surface area contributed by atoms with Gasteiger partial charge in [-0.25, -0.2) is 13.8 Å². The van der Waals surface area contributed by atoms with Crippen LogP contribution in [-0.4, -0.2) is 17.6 Å². The van der Waals surface area contributed by atoms with Crippen molar-refractivity contribution in [3.8, 4) is 6.07 Å². The predicted octanol–water partition coefficient (Wildman–Crippen LogP) is 2.65. The molecule has 0 amide bonds. The molecular formula is C11H9ClF2N2O2. The maximum atomic E-state index is 12.7. The number of halogens is 3. The third-order valence-electron chi connectivity index (χ3n) is 2.06. The van der Waals surface area contributed by atoms with Crippen LogP contribution >= 0.6 is 11.6 Å². The van der Waals surface area contributed by atoms with Gasteiger partial charge in [0.2, 0.25) is 0 Å². The summed E-state index contributed by atoms with van der Waals surface area (Å²) in [6.07, 6.45) is -3.22. The van der Waals surface area contributed by atoms with E-state index in [4.69, 9.17) is 16.9 Å². The lowest BCUT2D eigenvalue weighted by Gasteiger charge is -2.08. The number of carbonyl (C=O) groups is 1. The summed E-state index contributed by atoms with van der Waals surface area (Å²) in [5.41, 5.74) is -0.960. The topological polar surface area (TPSA) is 63.0 Å². The van der Waals surface area contributed by atoms with Crippen molar-refractivity contribution >= 4 is 17.6 Å². The summed E-state index contributed by atoms with van der Waals surface area (Å²) >= 11 is 5.58. The van der Waals surface area contributed by atoms with E-state index in [0.717, 1.165) is 0 Å². The van der Waals surface area contributed by atoms with E-state index in [0.29, 0.717) is 0 Å². The molecule has 7 heteroatoms. The lowest BCUT2D eigenvalue weighted by Crippen LogP contribution is -2.10. The normalized spacial score (nSPS) is 10.2. The molecule has 1 heterocycles. The third-order valence-corrected chi connectivity index (χ3v) is 2.25. The minimum Gasteiger partial charge on any atom is -0.466 e. The van der Waals surface area contributed by atoms with E-state index in [1.807, 2.05) is 0 Å². The Labute approximate surface area is 107 Å². The number of alkyl halides is 2. The van der Waals surface area contributed by atoms with Crippen LogP contribution in [0.15, 0.2) is 6.07 Å². The summed E-state index contributed by atoms with van der Waals surface area (Å²) in [4.78, 5) is 14.7. The molecule has 0 N–H and O–H groups in total. The molecule has 0 saturated heterocycles. The summed E-state index contributed by atoms with van der Waals surface area (Å²) in [6, 6.07) is 2.82. The van der Waals surface area contributed by atoms with E-state index in [1.165, 1.54) is 6.07 Å². The van der Waals surface area contributed by atoms with Crippen LogP contribution in [0.25, 0.3) is 0 Å². The van der Waals surface area contributed by atoms with Gasteiger partial charge in [-0.2, -0.15) is 5.26 Å². The van der Waals surface area contributed by atoms with Crippen LogP contribution in [0.3, 0.4) is 0 Å². The highest BCUT2D eigenvalue weighted by Gasteiger charge is 2.21. The first-order valence-corrected chi connectivity index (χ1v) is 5.40. The molecule has 4 nitrogen and oxygen atoms in total. The minimum absolute atomic E-state index is 0.0891. The van der Waals surface area contributed by atoms with Gasteiger partial charge in [0.25, 0.3) is 6.43 Å².